The second-order valence-corrected chi connectivity index (χ2v) is 6.30. The second kappa shape index (κ2) is 7.80. The molecule has 1 heterocycles. The van der Waals surface area contributed by atoms with E-state index >= 15 is 0 Å². The number of nitrogens with zero attached hydrogens (tertiary/aromatic N) is 1. The number of rotatable bonds is 4. The molecule has 13 heteroatoms. The van der Waals surface area contributed by atoms with Gasteiger partial charge in [0.1, 0.15) is 0 Å². The minimum absolute atomic E-state index is 0.240. The molecule has 2 rings (SSSR count). The maximum Gasteiger partial charge on any atom is 0.433 e. The van der Waals surface area contributed by atoms with Crippen molar-refractivity contribution in [3.05, 3.63) is 50.9 Å². The summed E-state index contributed by atoms with van der Waals surface area (Å²) in [7, 11) is 0. The van der Waals surface area contributed by atoms with Crippen LogP contribution in [0, 0.1) is 0 Å². The number of hydrogen-bond donors (Lipinski definition) is 2. The number of thioether (sulfide) groups is 1. The van der Waals surface area contributed by atoms with Crippen molar-refractivity contribution >= 4 is 35.0 Å². The first-order valence-electron chi connectivity index (χ1n) is 6.85. The third kappa shape index (κ3) is 5.63. The van der Waals surface area contributed by atoms with Crippen molar-refractivity contribution in [2.75, 3.05) is 11.1 Å². The quantitative estimate of drug-likeness (QED) is 0.432. The Morgan fingerprint density at radius 1 is 1.19 bits per heavy atom. The zero-order chi connectivity index (χ0) is 20.4. The van der Waals surface area contributed by atoms with Gasteiger partial charge in [0.15, 0.2) is 10.9 Å². The summed E-state index contributed by atoms with van der Waals surface area (Å²) in [6.45, 7) is 0. The standard InChI is InChI=1S/C14H8ClF6N3O2S/c15-7-3-1-2-6(13(16,17)18)11(7)23-10(26)5-27-12-22-8(14(19,20)21)4-9(25)24-12/h1-4H,5H2,(H,23,26)(H,22,24,25). The van der Waals surface area contributed by atoms with Crippen LogP contribution in [-0.4, -0.2) is 21.6 Å². The number of carbonyl (C=O) groups excluding carboxylic acids is 1. The average molecular weight is 432 g/mol. The van der Waals surface area contributed by atoms with Gasteiger partial charge in [-0.05, 0) is 12.1 Å². The van der Waals surface area contributed by atoms with Crippen molar-refractivity contribution in [2.24, 2.45) is 0 Å². The number of halogens is 7. The van der Waals surface area contributed by atoms with E-state index in [1.54, 1.807) is 0 Å². The van der Waals surface area contributed by atoms with Crippen molar-refractivity contribution in [3.8, 4) is 0 Å². The zero-order valence-electron chi connectivity index (χ0n) is 12.8. The van der Waals surface area contributed by atoms with Gasteiger partial charge in [-0.25, -0.2) is 4.98 Å². The molecule has 2 N–H and O–H groups in total. The number of alkyl halides is 6. The van der Waals surface area contributed by atoms with E-state index in [1.165, 1.54) is 0 Å². The van der Waals surface area contributed by atoms with Crippen LogP contribution in [0.2, 0.25) is 5.02 Å². The maximum atomic E-state index is 13.0. The number of nitrogens with one attached hydrogen (secondary N) is 2. The summed E-state index contributed by atoms with van der Waals surface area (Å²) < 4.78 is 76.7. The van der Waals surface area contributed by atoms with E-state index < -0.39 is 51.7 Å². The Labute approximate surface area is 156 Å². The summed E-state index contributed by atoms with van der Waals surface area (Å²) in [5.41, 5.74) is -4.41. The summed E-state index contributed by atoms with van der Waals surface area (Å²) in [5.74, 6) is -1.61. The molecular formula is C14H8ClF6N3O2S. The van der Waals surface area contributed by atoms with E-state index in [4.69, 9.17) is 11.6 Å². The zero-order valence-corrected chi connectivity index (χ0v) is 14.4. The van der Waals surface area contributed by atoms with Gasteiger partial charge in [0, 0.05) is 6.07 Å². The van der Waals surface area contributed by atoms with Gasteiger partial charge in [-0.3, -0.25) is 9.59 Å². The molecule has 0 bridgehead atoms. The molecule has 1 aromatic carbocycles. The fourth-order valence-electron chi connectivity index (χ4n) is 1.85. The number of anilines is 1. The Morgan fingerprint density at radius 2 is 1.85 bits per heavy atom. The Balaban J connectivity index is 2.15. The van der Waals surface area contributed by atoms with Gasteiger partial charge >= 0.3 is 12.4 Å². The largest absolute Gasteiger partial charge is 0.433 e. The first-order chi connectivity index (χ1) is 12.4. The van der Waals surface area contributed by atoms with Gasteiger partial charge in [-0.2, -0.15) is 26.3 Å². The van der Waals surface area contributed by atoms with Crippen LogP contribution in [0.5, 0.6) is 0 Å². The number of aromatic nitrogens is 2. The Kier molecular flexibility index (Phi) is 6.10. The topological polar surface area (TPSA) is 74.8 Å². The second-order valence-electron chi connectivity index (χ2n) is 4.93. The number of amides is 1. The van der Waals surface area contributed by atoms with Crippen LogP contribution >= 0.6 is 23.4 Å². The normalized spacial score (nSPS) is 12.1. The molecule has 0 aliphatic rings. The number of hydrogen-bond acceptors (Lipinski definition) is 4. The fourth-order valence-corrected chi connectivity index (χ4v) is 2.74. The van der Waals surface area contributed by atoms with Crippen LogP contribution < -0.4 is 10.9 Å². The molecule has 146 valence electrons. The summed E-state index contributed by atoms with van der Waals surface area (Å²) >= 11 is 6.09. The van der Waals surface area contributed by atoms with Gasteiger partial charge in [-0.15, -0.1) is 0 Å². The summed E-state index contributed by atoms with van der Waals surface area (Å²) in [4.78, 5) is 28.3. The molecule has 0 saturated carbocycles. The molecule has 1 aromatic heterocycles. The lowest BCUT2D eigenvalue weighted by atomic mass is 10.1. The first-order valence-corrected chi connectivity index (χ1v) is 8.21. The summed E-state index contributed by atoms with van der Waals surface area (Å²) in [6, 6.07) is 3.13. The molecule has 0 fully saturated rings. The lowest BCUT2D eigenvalue weighted by Gasteiger charge is -2.15. The van der Waals surface area contributed by atoms with Crippen LogP contribution in [0.4, 0.5) is 32.0 Å². The highest BCUT2D eigenvalue weighted by atomic mass is 35.5. The lowest BCUT2D eigenvalue weighted by molar-refractivity contribution is -0.141. The van der Waals surface area contributed by atoms with Crippen molar-refractivity contribution in [3.63, 3.8) is 0 Å². The third-order valence-corrected chi connectivity index (χ3v) is 4.12. The summed E-state index contributed by atoms with van der Waals surface area (Å²) in [6.07, 6.45) is -9.65. The van der Waals surface area contributed by atoms with Crippen LogP contribution in [0.15, 0.2) is 34.2 Å². The number of aromatic amines is 1. The van der Waals surface area contributed by atoms with E-state index in [1.807, 2.05) is 10.3 Å². The predicted molar refractivity (Wildman–Crippen MR) is 85.7 cm³/mol. The van der Waals surface area contributed by atoms with Crippen LogP contribution in [0.3, 0.4) is 0 Å². The van der Waals surface area contributed by atoms with Crippen LogP contribution in [0.25, 0.3) is 0 Å². The molecule has 0 spiro atoms. The third-order valence-electron chi connectivity index (χ3n) is 2.93. The maximum absolute atomic E-state index is 13.0. The lowest BCUT2D eigenvalue weighted by Crippen LogP contribution is -2.20. The molecule has 1 amide bonds. The molecule has 27 heavy (non-hydrogen) atoms. The van der Waals surface area contributed by atoms with E-state index in [0.717, 1.165) is 12.1 Å². The number of carbonyl (C=O) groups is 1. The molecule has 0 aliphatic heterocycles. The highest BCUT2D eigenvalue weighted by molar-refractivity contribution is 7.99. The van der Waals surface area contributed by atoms with E-state index in [9.17, 15) is 35.9 Å². The molecule has 0 saturated heterocycles. The number of H-pyrrole nitrogens is 1. The van der Waals surface area contributed by atoms with Gasteiger partial charge in [0.05, 0.1) is 22.0 Å². The molecule has 2 aromatic rings. The Hall–Kier alpha value is -2.21. The van der Waals surface area contributed by atoms with Gasteiger partial charge < -0.3 is 10.3 Å². The van der Waals surface area contributed by atoms with Crippen LogP contribution in [0.1, 0.15) is 11.3 Å². The molecule has 0 radical (unpaired) electrons. The van der Waals surface area contributed by atoms with Gasteiger partial charge in [0.2, 0.25) is 5.91 Å². The molecule has 0 unspecified atom stereocenters. The van der Waals surface area contributed by atoms with E-state index in [0.29, 0.717) is 17.8 Å². The highest BCUT2D eigenvalue weighted by Crippen LogP contribution is 2.38. The number of para-hydroxylation sites is 1. The van der Waals surface area contributed by atoms with Gasteiger partial charge in [0.25, 0.3) is 5.56 Å². The predicted octanol–water partition coefficient (Wildman–Crippen LogP) is 4.19. The molecule has 0 aliphatic carbocycles. The van der Waals surface area contributed by atoms with Crippen molar-refractivity contribution in [2.45, 2.75) is 17.5 Å². The van der Waals surface area contributed by atoms with Gasteiger partial charge in [-0.1, -0.05) is 29.4 Å². The molecule has 5 nitrogen and oxygen atoms in total. The minimum Gasteiger partial charge on any atom is -0.324 e. The smallest absolute Gasteiger partial charge is 0.324 e. The van der Waals surface area contributed by atoms with Crippen molar-refractivity contribution in [1.29, 1.82) is 0 Å². The molecule has 0 atom stereocenters. The van der Waals surface area contributed by atoms with Crippen molar-refractivity contribution < 1.29 is 31.1 Å². The first kappa shape index (κ1) is 21.1. The molecular weight excluding hydrogens is 424 g/mol. The van der Waals surface area contributed by atoms with Crippen LogP contribution in [-0.2, 0) is 17.1 Å². The van der Waals surface area contributed by atoms with E-state index in [2.05, 4.69) is 4.98 Å². The highest BCUT2D eigenvalue weighted by Gasteiger charge is 2.35. The summed E-state index contributed by atoms with van der Waals surface area (Å²) in [5, 5.41) is 1.08. The average Bonchev–Trinajstić information content (AvgIpc) is 2.52. The monoisotopic (exact) mass is 431 g/mol. The minimum atomic E-state index is -4.87. The van der Waals surface area contributed by atoms with Crippen molar-refractivity contribution in [1.82, 2.24) is 9.97 Å². The Morgan fingerprint density at radius 3 is 2.44 bits per heavy atom. The number of benzene rings is 1. The SMILES string of the molecule is O=C(CSc1nc(C(F)(F)F)cc(=O)[nH]1)Nc1c(Cl)cccc1C(F)(F)F. The van der Waals surface area contributed by atoms with E-state index in [-0.39, 0.29) is 11.1 Å². The fraction of sp³-hybridized carbons (Fsp3) is 0.214. The Bertz CT molecular complexity index is 913.